The highest BCUT2D eigenvalue weighted by Gasteiger charge is 2.24. The van der Waals surface area contributed by atoms with Gasteiger partial charge in [0, 0.05) is 17.2 Å². The maximum atomic E-state index is 12.4. The Bertz CT molecular complexity index is 1550. The van der Waals surface area contributed by atoms with Crippen molar-refractivity contribution in [2.45, 2.75) is 34.6 Å². The van der Waals surface area contributed by atoms with Crippen LogP contribution in [0, 0.1) is 0 Å². The van der Waals surface area contributed by atoms with Gasteiger partial charge in [0.25, 0.3) is 0 Å². The third kappa shape index (κ3) is 5.91. The Balaban J connectivity index is 1.60. The van der Waals surface area contributed by atoms with Gasteiger partial charge in [-0.3, -0.25) is 0 Å². The van der Waals surface area contributed by atoms with Gasteiger partial charge in [-0.1, -0.05) is 46.8 Å². The van der Waals surface area contributed by atoms with Crippen LogP contribution in [0.1, 0.15) is 19.4 Å². The molecule has 0 fully saturated rings. The van der Waals surface area contributed by atoms with Crippen molar-refractivity contribution in [3.05, 3.63) is 66.4 Å². The molecule has 2 aromatic carbocycles. The van der Waals surface area contributed by atoms with Gasteiger partial charge in [-0.15, -0.1) is 0 Å². The molecule has 38 heavy (non-hydrogen) atoms. The number of anilines is 1. The molecular weight excluding hydrogens is 492 g/mol. The average Bonchev–Trinajstić information content (AvgIpc) is 3.33. The van der Waals surface area contributed by atoms with E-state index in [2.05, 4.69) is 20.4 Å². The number of benzene rings is 2. The Hall–Kier alpha value is -3.24. The Labute approximate surface area is 228 Å². The minimum absolute atomic E-state index is 0.141. The zero-order valence-electron chi connectivity index (χ0n) is 20.8. The topological polar surface area (TPSA) is 124 Å². The average molecular weight is 513 g/mol. The van der Waals surface area contributed by atoms with E-state index in [1.165, 1.54) is 6.20 Å². The van der Waals surface area contributed by atoms with Crippen LogP contribution >= 0.6 is 0 Å². The SMILES string of the molecule is [B]C([B])([B])NC([B])([B])c1ccc(-c2cc(-c3nc(-c4ccc(S(=O)(=O)C(C)C)cc4)cnc3N)on2)cc1. The van der Waals surface area contributed by atoms with Crippen LogP contribution in [0.2, 0.25) is 0 Å². The maximum absolute atomic E-state index is 12.4. The number of nitrogens with zero attached hydrogens (tertiary/aromatic N) is 3. The fraction of sp³-hybridized carbons (Fsp3) is 0.208. The lowest BCUT2D eigenvalue weighted by atomic mass is 9.45. The van der Waals surface area contributed by atoms with E-state index in [1.807, 2.05) is 0 Å². The lowest BCUT2D eigenvalue weighted by molar-refractivity contribution is 0.434. The van der Waals surface area contributed by atoms with Crippen LogP contribution in [-0.4, -0.2) is 73.3 Å². The van der Waals surface area contributed by atoms with E-state index in [9.17, 15) is 8.42 Å². The number of aromatic nitrogens is 3. The molecule has 2 aromatic heterocycles. The summed E-state index contributed by atoms with van der Waals surface area (Å²) in [5.41, 5.74) is 9.18. The highest BCUT2D eigenvalue weighted by Crippen LogP contribution is 2.31. The van der Waals surface area contributed by atoms with Crippen LogP contribution in [0.15, 0.2) is 70.2 Å². The van der Waals surface area contributed by atoms with Gasteiger partial charge in [-0.25, -0.2) is 18.4 Å². The van der Waals surface area contributed by atoms with Gasteiger partial charge >= 0.3 is 0 Å². The predicted molar refractivity (Wildman–Crippen MR) is 151 cm³/mol. The monoisotopic (exact) mass is 513 g/mol. The van der Waals surface area contributed by atoms with Gasteiger partial charge < -0.3 is 15.6 Å². The second-order valence-electron chi connectivity index (χ2n) is 9.19. The first-order valence-electron chi connectivity index (χ1n) is 11.5. The molecule has 0 aliphatic rings. The molecule has 2 heterocycles. The summed E-state index contributed by atoms with van der Waals surface area (Å²) in [5.74, 6) is 0.435. The largest absolute Gasteiger partial charge is 0.382 e. The molecule has 180 valence electrons. The predicted octanol–water partition coefficient (Wildman–Crippen LogP) is 1.38. The summed E-state index contributed by atoms with van der Waals surface area (Å²) in [6, 6.07) is 14.9. The number of nitrogens with one attached hydrogen (secondary N) is 1. The number of hydrogen-bond acceptors (Lipinski definition) is 8. The van der Waals surface area contributed by atoms with Gasteiger partial charge in [0.05, 0.1) is 61.3 Å². The molecule has 14 heteroatoms. The van der Waals surface area contributed by atoms with Crippen molar-refractivity contribution >= 4 is 54.9 Å². The van der Waals surface area contributed by atoms with Gasteiger partial charge in [0.2, 0.25) is 0 Å². The Morgan fingerprint density at radius 3 is 2.08 bits per heavy atom. The Morgan fingerprint density at radius 2 is 1.50 bits per heavy atom. The number of nitrogens with two attached hydrogens (primary N) is 1. The van der Waals surface area contributed by atoms with Gasteiger partial charge in [-0.2, -0.15) is 0 Å². The zero-order chi connectivity index (χ0) is 27.9. The van der Waals surface area contributed by atoms with Crippen LogP contribution in [0.25, 0.3) is 34.0 Å². The van der Waals surface area contributed by atoms with Crippen LogP contribution < -0.4 is 11.1 Å². The minimum atomic E-state index is -3.39. The molecule has 4 aromatic rings. The van der Waals surface area contributed by atoms with E-state index in [1.54, 1.807) is 68.4 Å². The molecule has 10 radical (unpaired) electrons. The molecule has 0 atom stereocenters. The summed E-state index contributed by atoms with van der Waals surface area (Å²) in [6.45, 7) is 3.27. The smallest absolute Gasteiger partial charge is 0.189 e. The minimum Gasteiger partial charge on any atom is -0.382 e. The fourth-order valence-electron chi connectivity index (χ4n) is 3.68. The van der Waals surface area contributed by atoms with Crippen molar-refractivity contribution in [3.63, 3.8) is 0 Å². The number of nitrogen functional groups attached to an aromatic ring is 1. The number of sulfone groups is 1. The Morgan fingerprint density at radius 1 is 0.921 bits per heavy atom. The van der Waals surface area contributed by atoms with Gasteiger partial charge in [-0.05, 0) is 36.9 Å². The summed E-state index contributed by atoms with van der Waals surface area (Å²) in [4.78, 5) is 9.04. The molecule has 0 saturated heterocycles. The molecule has 0 bridgehead atoms. The fourth-order valence-corrected chi connectivity index (χ4v) is 4.74. The maximum Gasteiger partial charge on any atom is 0.189 e. The van der Waals surface area contributed by atoms with E-state index in [0.29, 0.717) is 33.8 Å². The van der Waals surface area contributed by atoms with Crippen LogP contribution in [0.5, 0.6) is 0 Å². The summed E-state index contributed by atoms with van der Waals surface area (Å²) >= 11 is 0. The highest BCUT2D eigenvalue weighted by molar-refractivity contribution is 7.92. The van der Waals surface area contributed by atoms with Crippen molar-refractivity contribution in [3.8, 4) is 34.0 Å². The van der Waals surface area contributed by atoms with E-state index >= 15 is 0 Å². The molecule has 0 unspecified atom stereocenters. The van der Waals surface area contributed by atoms with E-state index in [0.717, 1.165) is 0 Å². The normalized spacial score (nSPS) is 12.6. The van der Waals surface area contributed by atoms with Crippen LogP contribution in [0.4, 0.5) is 5.82 Å². The second-order valence-corrected chi connectivity index (χ2v) is 11.7. The third-order valence-electron chi connectivity index (χ3n) is 5.73. The molecule has 0 amide bonds. The molecule has 0 aliphatic heterocycles. The molecule has 0 aliphatic carbocycles. The summed E-state index contributed by atoms with van der Waals surface area (Å²) in [7, 11) is 25.4. The Kier molecular flexibility index (Phi) is 7.42. The first-order chi connectivity index (χ1) is 17.7. The quantitative estimate of drug-likeness (QED) is 0.340. The lowest BCUT2D eigenvalue weighted by Gasteiger charge is -2.37. The molecule has 4 rings (SSSR count). The lowest BCUT2D eigenvalue weighted by Crippen LogP contribution is -2.58. The van der Waals surface area contributed by atoms with Crippen molar-refractivity contribution in [2.24, 2.45) is 0 Å². The molecule has 3 N–H and O–H groups in total. The summed E-state index contributed by atoms with van der Waals surface area (Å²) in [6.07, 6.45) is 1.50. The summed E-state index contributed by atoms with van der Waals surface area (Å²) in [5, 5.41) is 2.77. The number of hydrogen-bond donors (Lipinski definition) is 2. The van der Waals surface area contributed by atoms with Crippen LogP contribution in [0.3, 0.4) is 0 Å². The molecule has 0 saturated carbocycles. The van der Waals surface area contributed by atoms with Crippen molar-refractivity contribution in [2.75, 3.05) is 5.73 Å². The van der Waals surface area contributed by atoms with Crippen molar-refractivity contribution < 1.29 is 12.9 Å². The van der Waals surface area contributed by atoms with Gasteiger partial charge in [0.15, 0.2) is 27.1 Å². The summed E-state index contributed by atoms with van der Waals surface area (Å²) < 4.78 is 30.3. The molecule has 0 spiro atoms. The van der Waals surface area contributed by atoms with Gasteiger partial charge in [0.1, 0.15) is 5.69 Å². The van der Waals surface area contributed by atoms with Crippen LogP contribution in [-0.2, 0) is 15.2 Å². The highest BCUT2D eigenvalue weighted by atomic mass is 32.2. The van der Waals surface area contributed by atoms with E-state index < -0.39 is 25.7 Å². The zero-order valence-corrected chi connectivity index (χ0v) is 21.6. The third-order valence-corrected chi connectivity index (χ3v) is 7.90. The standard InChI is InChI=1S/C24H20B5N5O3S/c1-13(2)38(35,36)17-9-5-15(6-10-17)19-12-31-22(30)21(32-19)20-11-18(33-37-20)14-3-7-16(8-4-14)23(25,26)34-24(27,28)29/h3-13,34H,1-2H3,(H2,30,31). The number of rotatable bonds is 8. The van der Waals surface area contributed by atoms with E-state index in [-0.39, 0.29) is 16.4 Å². The molecule has 8 nitrogen and oxygen atoms in total. The second kappa shape index (κ2) is 10.1. The van der Waals surface area contributed by atoms with Crippen molar-refractivity contribution in [1.29, 1.82) is 0 Å². The first-order valence-corrected chi connectivity index (χ1v) is 13.0. The van der Waals surface area contributed by atoms with E-state index in [4.69, 9.17) is 49.5 Å². The first kappa shape index (κ1) is 27.8. The van der Waals surface area contributed by atoms with Crippen molar-refractivity contribution in [1.82, 2.24) is 20.4 Å². The molecular formula is C24H20B5N5O3S.